The number of aryl methyl sites for hydroxylation is 3. The number of aliphatic hydroxyl groups is 1. The van der Waals surface area contributed by atoms with Crippen LogP contribution in [0.1, 0.15) is 110 Å². The molecule has 2 aliphatic heterocycles. The first-order valence-electron chi connectivity index (χ1n) is 24.4. The Hall–Kier alpha value is -6.96. The predicted molar refractivity (Wildman–Crippen MR) is 276 cm³/mol. The Balaban J connectivity index is 0.750. The molecule has 73 heavy (non-hydrogen) atoms. The number of halogens is 1. The molecule has 6 heterocycles. The lowest BCUT2D eigenvalue weighted by Crippen LogP contribution is -2.58. The lowest BCUT2D eigenvalue weighted by Gasteiger charge is -2.35. The molecule has 20 heteroatoms. The maximum Gasteiger partial charge on any atom is 0.258 e. The molecule has 4 amide bonds. The van der Waals surface area contributed by atoms with Crippen LogP contribution >= 0.6 is 22.9 Å². The van der Waals surface area contributed by atoms with Crippen LogP contribution in [0.3, 0.4) is 0 Å². The molecule has 2 fully saturated rings. The molecule has 4 aromatic heterocycles. The molecule has 0 radical (unpaired) electrons. The molecule has 4 N–H and O–H groups in total. The quantitative estimate of drug-likeness (QED) is 0.0864. The molecule has 1 aliphatic carbocycles. The second-order valence-electron chi connectivity index (χ2n) is 20.1. The number of aromatic nitrogens is 6. The summed E-state index contributed by atoms with van der Waals surface area (Å²) in [5, 5.41) is 30.2. The number of carbonyl (C=O) groups is 4. The van der Waals surface area contributed by atoms with Gasteiger partial charge in [-0.25, -0.2) is 9.97 Å². The third-order valence-electron chi connectivity index (χ3n) is 13.7. The van der Waals surface area contributed by atoms with Gasteiger partial charge in [-0.3, -0.25) is 28.7 Å². The Morgan fingerprint density at radius 3 is 2.32 bits per heavy atom. The van der Waals surface area contributed by atoms with Crippen molar-refractivity contribution in [1.29, 1.82) is 0 Å². The van der Waals surface area contributed by atoms with E-state index in [1.165, 1.54) is 11.1 Å². The van der Waals surface area contributed by atoms with Crippen LogP contribution in [-0.4, -0.2) is 112 Å². The fourth-order valence-electron chi connectivity index (χ4n) is 9.51. The molecule has 0 bridgehead atoms. The number of aliphatic imine (C=N–C) groups is 1. The number of nitrogens with zero attached hydrogens (tertiary/aromatic N) is 8. The zero-order valence-electron chi connectivity index (χ0n) is 42.1. The number of likely N-dealkylation sites (tertiary alicyclic amines) is 1. The van der Waals surface area contributed by atoms with Crippen LogP contribution in [0.4, 0.5) is 0 Å². The number of nitrogens with one attached hydrogen (secondary N) is 3. The normalized spacial score (nSPS) is 20.1. The van der Waals surface area contributed by atoms with E-state index in [0.29, 0.717) is 35.3 Å². The summed E-state index contributed by atoms with van der Waals surface area (Å²) >= 11 is 7.92. The number of imidazole rings is 1. The number of carbonyl (C=O) groups excluding carboxylic acids is 4. The van der Waals surface area contributed by atoms with E-state index < -0.39 is 54.0 Å². The van der Waals surface area contributed by atoms with Crippen LogP contribution < -0.4 is 25.4 Å². The van der Waals surface area contributed by atoms with Gasteiger partial charge in [0.05, 0.1) is 30.5 Å². The Kier molecular flexibility index (Phi) is 14.6. The molecule has 9 rings (SSSR count). The van der Waals surface area contributed by atoms with Crippen LogP contribution in [-0.2, 0) is 19.2 Å². The SMILES string of the molecule is Cc1sc2c(c1C)C(c1ccc(Cl)cc1)=N[C@@H](CC(=O)NC1CC(Oc3ccc(OCC(=O)N[C@H](C(=O)N4C[C@H](O)C[C@H]4C(=O)N[C@@H](C)c4ccc(-n5ccnc5C)cc4)C(C)(C)C)cn3)C1)c1nnc(C)n1-2. The molecule has 5 atom stereocenters. The number of hydrogen-bond acceptors (Lipinski definition) is 13. The minimum Gasteiger partial charge on any atom is -0.482 e. The van der Waals surface area contributed by atoms with Crippen molar-refractivity contribution < 1.29 is 33.8 Å². The fraction of sp³-hybridized carbons (Fsp3) is 0.415. The predicted octanol–water partition coefficient (Wildman–Crippen LogP) is 6.55. The van der Waals surface area contributed by atoms with Crippen molar-refractivity contribution in [1.82, 2.24) is 50.1 Å². The number of pyridine rings is 1. The lowest BCUT2D eigenvalue weighted by molar-refractivity contribution is -0.144. The Morgan fingerprint density at radius 1 is 0.904 bits per heavy atom. The number of fused-ring (bicyclic) bond motifs is 3. The highest BCUT2D eigenvalue weighted by Crippen LogP contribution is 2.40. The Bertz CT molecular complexity index is 3050. The molecule has 6 aromatic rings. The van der Waals surface area contributed by atoms with Gasteiger partial charge in [0.2, 0.25) is 23.6 Å². The van der Waals surface area contributed by atoms with Crippen molar-refractivity contribution in [2.75, 3.05) is 13.2 Å². The van der Waals surface area contributed by atoms with E-state index in [4.69, 9.17) is 26.1 Å². The van der Waals surface area contributed by atoms with Gasteiger partial charge >= 0.3 is 0 Å². The summed E-state index contributed by atoms with van der Waals surface area (Å²) in [4.78, 5) is 71.3. The van der Waals surface area contributed by atoms with E-state index in [9.17, 15) is 24.3 Å². The van der Waals surface area contributed by atoms with Gasteiger partial charge in [-0.1, -0.05) is 56.6 Å². The maximum absolute atomic E-state index is 14.2. The summed E-state index contributed by atoms with van der Waals surface area (Å²) in [7, 11) is 0. The molecule has 3 aliphatic rings. The monoisotopic (exact) mass is 1030 g/mol. The number of aliphatic hydroxyl groups excluding tert-OH is 1. The van der Waals surface area contributed by atoms with Gasteiger partial charge in [0.25, 0.3) is 5.91 Å². The number of amides is 4. The van der Waals surface area contributed by atoms with Gasteiger partial charge in [0, 0.05) is 77.0 Å². The van der Waals surface area contributed by atoms with E-state index in [2.05, 4.69) is 50.0 Å². The van der Waals surface area contributed by atoms with Gasteiger partial charge < -0.3 is 40.0 Å². The largest absolute Gasteiger partial charge is 0.482 e. The van der Waals surface area contributed by atoms with Crippen molar-refractivity contribution in [2.24, 2.45) is 10.4 Å². The average molecular weight is 1030 g/mol. The zero-order chi connectivity index (χ0) is 51.9. The Morgan fingerprint density at radius 2 is 1.64 bits per heavy atom. The first kappa shape index (κ1) is 51.0. The van der Waals surface area contributed by atoms with Crippen LogP contribution in [0.25, 0.3) is 10.7 Å². The summed E-state index contributed by atoms with van der Waals surface area (Å²) in [5.74, 6) is 1.27. The molecule has 0 spiro atoms. The minimum absolute atomic E-state index is 0.0510. The van der Waals surface area contributed by atoms with Crippen LogP contribution in [0.2, 0.25) is 5.02 Å². The number of benzene rings is 2. The fourth-order valence-corrected chi connectivity index (χ4v) is 10.8. The third-order valence-corrected chi connectivity index (χ3v) is 15.1. The average Bonchev–Trinajstić information content (AvgIpc) is 4.11. The molecule has 18 nitrogen and oxygen atoms in total. The highest BCUT2D eigenvalue weighted by Gasteiger charge is 2.45. The number of β-amino-alcohol motifs (C(OH)–C–C–N with tert-alkyl or cyclic N) is 1. The summed E-state index contributed by atoms with van der Waals surface area (Å²) in [6.45, 7) is 14.9. The Labute approximate surface area is 432 Å². The zero-order valence-corrected chi connectivity index (χ0v) is 43.6. The van der Waals surface area contributed by atoms with Crippen LogP contribution in [0.15, 0.2) is 84.2 Å². The van der Waals surface area contributed by atoms with E-state index >= 15 is 0 Å². The molecular weight excluding hydrogens is 970 g/mol. The topological polar surface area (TPSA) is 220 Å². The smallest absolute Gasteiger partial charge is 0.258 e. The number of rotatable bonds is 15. The molecule has 2 aromatic carbocycles. The van der Waals surface area contributed by atoms with Crippen molar-refractivity contribution in [3.63, 3.8) is 0 Å². The first-order chi connectivity index (χ1) is 34.8. The molecule has 382 valence electrons. The van der Waals surface area contributed by atoms with Crippen molar-refractivity contribution in [3.05, 3.63) is 129 Å². The third kappa shape index (κ3) is 11.0. The standard InChI is InChI=1S/C53H60ClN11O7S/c1-28-30(3)73-52-46(28)47(34-9-13-35(54)14-10-34)59-41(49-62-61-32(5)65(49)52)24-43(67)58-36-21-40(22-36)72-45-18-17-39(25-56-45)71-27-44(68)60-48(53(6,7)8)51(70)64-26-38(66)23-42(64)50(69)57-29(2)33-11-15-37(16-12-33)63-20-19-55-31(63)4/h9-20,25,29,36,38,40-42,48,66H,21-24,26-27H2,1-8H3,(H,57,69)(H,58,67)(H,60,68)/t29-,36?,38+,40?,41-,42-,48+/m0/s1. The second-order valence-corrected chi connectivity index (χ2v) is 21.8. The number of hydrogen-bond donors (Lipinski definition) is 4. The molecule has 0 unspecified atom stereocenters. The minimum atomic E-state index is -1.03. The summed E-state index contributed by atoms with van der Waals surface area (Å²) in [5.41, 5.74) is 4.84. The van der Waals surface area contributed by atoms with Gasteiger partial charge in [0.1, 0.15) is 46.6 Å². The highest BCUT2D eigenvalue weighted by atomic mass is 35.5. The van der Waals surface area contributed by atoms with Crippen LogP contribution in [0, 0.1) is 33.1 Å². The number of ether oxygens (including phenoxy) is 2. The van der Waals surface area contributed by atoms with Gasteiger partial charge in [-0.05, 0) is 81.5 Å². The number of thiophene rings is 1. The van der Waals surface area contributed by atoms with Gasteiger partial charge in [-0.15, -0.1) is 21.5 Å². The van der Waals surface area contributed by atoms with Gasteiger partial charge in [-0.2, -0.15) is 0 Å². The maximum atomic E-state index is 14.2. The van der Waals surface area contributed by atoms with Crippen molar-refractivity contribution in [3.8, 4) is 22.3 Å². The lowest BCUT2D eigenvalue weighted by atomic mass is 9.85. The summed E-state index contributed by atoms with van der Waals surface area (Å²) in [6, 6.07) is 15.6. The molecule has 1 saturated heterocycles. The van der Waals surface area contributed by atoms with Gasteiger partial charge in [0.15, 0.2) is 12.4 Å². The van der Waals surface area contributed by atoms with E-state index in [0.717, 1.165) is 55.2 Å². The van der Waals surface area contributed by atoms with Crippen molar-refractivity contribution >= 4 is 52.3 Å². The summed E-state index contributed by atoms with van der Waals surface area (Å²) < 4.78 is 15.8. The van der Waals surface area contributed by atoms with E-state index in [1.807, 2.05) is 105 Å². The molecule has 1 saturated carbocycles. The van der Waals surface area contributed by atoms with E-state index in [1.54, 1.807) is 29.7 Å². The molecular formula is C53H60ClN11O7S. The second kappa shape index (κ2) is 20.9. The van der Waals surface area contributed by atoms with Crippen LogP contribution in [0.5, 0.6) is 11.6 Å². The summed E-state index contributed by atoms with van der Waals surface area (Å²) in [6.07, 6.45) is 5.27. The highest BCUT2D eigenvalue weighted by molar-refractivity contribution is 7.15. The van der Waals surface area contributed by atoms with E-state index in [-0.39, 0.29) is 43.5 Å². The first-order valence-corrected chi connectivity index (χ1v) is 25.6. The van der Waals surface area contributed by atoms with Crippen molar-refractivity contribution in [2.45, 2.75) is 123 Å².